The van der Waals surface area contributed by atoms with Crippen molar-refractivity contribution in [2.45, 2.75) is 64.8 Å². The summed E-state index contributed by atoms with van der Waals surface area (Å²) in [6, 6.07) is 10.6. The van der Waals surface area contributed by atoms with Gasteiger partial charge in [0.05, 0.1) is 0 Å². The monoisotopic (exact) mass is 273 g/mol. The molecule has 0 bridgehead atoms. The van der Waals surface area contributed by atoms with Crippen LogP contribution in [-0.2, 0) is 6.54 Å². The SMILES string of the molecule is C=CN(CCCCCCCCCC)Cc1ccccc1. The summed E-state index contributed by atoms with van der Waals surface area (Å²) in [5, 5.41) is 0. The molecule has 0 heterocycles. The van der Waals surface area contributed by atoms with E-state index in [1.165, 1.54) is 56.9 Å². The highest BCUT2D eigenvalue weighted by Gasteiger charge is 2.00. The van der Waals surface area contributed by atoms with Crippen LogP contribution in [0.25, 0.3) is 0 Å². The van der Waals surface area contributed by atoms with Crippen molar-refractivity contribution in [3.05, 3.63) is 48.7 Å². The fraction of sp³-hybridized carbons (Fsp3) is 0.579. The lowest BCUT2D eigenvalue weighted by atomic mass is 10.1. The fourth-order valence-corrected chi connectivity index (χ4v) is 2.50. The predicted octanol–water partition coefficient (Wildman–Crippen LogP) is 5.77. The Balaban J connectivity index is 2.05. The van der Waals surface area contributed by atoms with Crippen LogP contribution in [-0.4, -0.2) is 11.4 Å². The molecular formula is C19H31N. The summed E-state index contributed by atoms with van der Waals surface area (Å²) >= 11 is 0. The van der Waals surface area contributed by atoms with E-state index in [1.54, 1.807) is 0 Å². The second-order valence-corrected chi connectivity index (χ2v) is 5.61. The second-order valence-electron chi connectivity index (χ2n) is 5.61. The number of hydrogen-bond donors (Lipinski definition) is 0. The summed E-state index contributed by atoms with van der Waals surface area (Å²) < 4.78 is 0. The normalized spacial score (nSPS) is 10.4. The first-order chi connectivity index (χ1) is 9.86. The van der Waals surface area contributed by atoms with E-state index in [1.807, 2.05) is 6.20 Å². The summed E-state index contributed by atoms with van der Waals surface area (Å²) in [7, 11) is 0. The Labute approximate surface area is 125 Å². The molecule has 1 aromatic rings. The molecule has 0 aliphatic heterocycles. The van der Waals surface area contributed by atoms with Gasteiger partial charge in [0.2, 0.25) is 0 Å². The molecule has 1 aromatic carbocycles. The summed E-state index contributed by atoms with van der Waals surface area (Å²) in [5.74, 6) is 0. The molecular weight excluding hydrogens is 242 g/mol. The first-order valence-electron chi connectivity index (χ1n) is 8.27. The zero-order chi connectivity index (χ0) is 14.5. The van der Waals surface area contributed by atoms with Gasteiger partial charge >= 0.3 is 0 Å². The quantitative estimate of drug-likeness (QED) is 0.437. The molecule has 0 spiro atoms. The maximum atomic E-state index is 3.93. The predicted molar refractivity (Wildman–Crippen MR) is 89.7 cm³/mol. The minimum atomic E-state index is 0.987. The molecule has 0 amide bonds. The molecule has 1 heteroatoms. The van der Waals surface area contributed by atoms with Crippen LogP contribution in [0.5, 0.6) is 0 Å². The first kappa shape index (κ1) is 16.8. The van der Waals surface area contributed by atoms with Crippen LogP contribution < -0.4 is 0 Å². The highest BCUT2D eigenvalue weighted by Crippen LogP contribution is 2.10. The number of rotatable bonds is 12. The summed E-state index contributed by atoms with van der Waals surface area (Å²) in [5.41, 5.74) is 1.37. The maximum absolute atomic E-state index is 3.93. The average molecular weight is 273 g/mol. The Hall–Kier alpha value is -1.24. The van der Waals surface area contributed by atoms with E-state index in [0.717, 1.165) is 13.1 Å². The lowest BCUT2D eigenvalue weighted by Crippen LogP contribution is -2.17. The van der Waals surface area contributed by atoms with Crippen molar-refractivity contribution in [1.29, 1.82) is 0 Å². The average Bonchev–Trinajstić information content (AvgIpc) is 2.49. The second kappa shape index (κ2) is 11.6. The van der Waals surface area contributed by atoms with Crippen molar-refractivity contribution >= 4 is 0 Å². The van der Waals surface area contributed by atoms with E-state index in [4.69, 9.17) is 0 Å². The van der Waals surface area contributed by atoms with Crippen molar-refractivity contribution in [3.8, 4) is 0 Å². The molecule has 0 saturated heterocycles. The molecule has 1 nitrogen and oxygen atoms in total. The lowest BCUT2D eigenvalue weighted by molar-refractivity contribution is 0.356. The zero-order valence-electron chi connectivity index (χ0n) is 13.2. The molecule has 1 rings (SSSR count). The standard InChI is InChI=1S/C19H31N/c1-3-5-6-7-8-9-10-14-17-20(4-2)18-19-15-12-11-13-16-19/h4,11-13,15-16H,2-3,5-10,14,17-18H2,1H3. The Morgan fingerprint density at radius 1 is 0.900 bits per heavy atom. The minimum Gasteiger partial charge on any atom is -0.374 e. The van der Waals surface area contributed by atoms with Gasteiger partial charge in [0.15, 0.2) is 0 Å². The van der Waals surface area contributed by atoms with Crippen molar-refractivity contribution in [3.63, 3.8) is 0 Å². The van der Waals surface area contributed by atoms with Crippen LogP contribution in [0.2, 0.25) is 0 Å². The number of hydrogen-bond acceptors (Lipinski definition) is 1. The van der Waals surface area contributed by atoms with E-state index in [2.05, 4.69) is 48.7 Å². The highest BCUT2D eigenvalue weighted by atomic mass is 15.1. The molecule has 0 aliphatic rings. The van der Waals surface area contributed by atoms with Crippen molar-refractivity contribution in [1.82, 2.24) is 4.90 Å². The zero-order valence-corrected chi connectivity index (χ0v) is 13.2. The Kier molecular flexibility index (Phi) is 9.73. The molecule has 0 fully saturated rings. The number of nitrogens with zero attached hydrogens (tertiary/aromatic N) is 1. The van der Waals surface area contributed by atoms with Crippen LogP contribution in [0, 0.1) is 0 Å². The molecule has 0 N–H and O–H groups in total. The third kappa shape index (κ3) is 8.04. The third-order valence-electron chi connectivity index (χ3n) is 3.79. The van der Waals surface area contributed by atoms with Crippen molar-refractivity contribution < 1.29 is 0 Å². The van der Waals surface area contributed by atoms with E-state index < -0.39 is 0 Å². The summed E-state index contributed by atoms with van der Waals surface area (Å²) in [6.45, 7) is 8.33. The highest BCUT2D eigenvalue weighted by molar-refractivity contribution is 5.14. The topological polar surface area (TPSA) is 3.24 Å². The largest absolute Gasteiger partial charge is 0.374 e. The molecule has 0 aromatic heterocycles. The van der Waals surface area contributed by atoms with E-state index in [0.29, 0.717) is 0 Å². The maximum Gasteiger partial charge on any atom is 0.0423 e. The van der Waals surface area contributed by atoms with Crippen LogP contribution in [0.4, 0.5) is 0 Å². The third-order valence-corrected chi connectivity index (χ3v) is 3.79. The van der Waals surface area contributed by atoms with Gasteiger partial charge in [0.1, 0.15) is 0 Å². The molecule has 0 unspecified atom stereocenters. The molecule has 0 saturated carbocycles. The van der Waals surface area contributed by atoms with Gasteiger partial charge in [-0.3, -0.25) is 0 Å². The lowest BCUT2D eigenvalue weighted by Gasteiger charge is -2.20. The van der Waals surface area contributed by atoms with E-state index in [9.17, 15) is 0 Å². The van der Waals surface area contributed by atoms with E-state index >= 15 is 0 Å². The van der Waals surface area contributed by atoms with Crippen molar-refractivity contribution in [2.24, 2.45) is 0 Å². The number of benzene rings is 1. The van der Waals surface area contributed by atoms with Gasteiger partial charge in [-0.05, 0) is 18.2 Å². The van der Waals surface area contributed by atoms with Crippen molar-refractivity contribution in [2.75, 3.05) is 6.54 Å². The van der Waals surface area contributed by atoms with Gasteiger partial charge in [-0.15, -0.1) is 0 Å². The van der Waals surface area contributed by atoms with E-state index in [-0.39, 0.29) is 0 Å². The van der Waals surface area contributed by atoms with Gasteiger partial charge in [0.25, 0.3) is 0 Å². The Morgan fingerprint density at radius 3 is 2.10 bits per heavy atom. The van der Waals surface area contributed by atoms with Crippen LogP contribution in [0.3, 0.4) is 0 Å². The summed E-state index contributed by atoms with van der Waals surface area (Å²) in [6.07, 6.45) is 13.0. The van der Waals surface area contributed by atoms with Gasteiger partial charge in [-0.1, -0.05) is 88.8 Å². The Morgan fingerprint density at radius 2 is 1.50 bits per heavy atom. The Bertz CT molecular complexity index is 331. The smallest absolute Gasteiger partial charge is 0.0423 e. The van der Waals surface area contributed by atoms with Gasteiger partial charge in [-0.2, -0.15) is 0 Å². The van der Waals surface area contributed by atoms with Gasteiger partial charge in [-0.25, -0.2) is 0 Å². The summed E-state index contributed by atoms with van der Waals surface area (Å²) in [4.78, 5) is 2.33. The first-order valence-corrected chi connectivity index (χ1v) is 8.27. The molecule has 20 heavy (non-hydrogen) atoms. The molecule has 0 atom stereocenters. The van der Waals surface area contributed by atoms with Gasteiger partial charge < -0.3 is 4.90 Å². The molecule has 112 valence electrons. The molecule has 0 aliphatic carbocycles. The fourth-order valence-electron chi connectivity index (χ4n) is 2.50. The van der Waals surface area contributed by atoms with Crippen LogP contribution in [0.1, 0.15) is 63.9 Å². The number of unbranched alkanes of at least 4 members (excludes halogenated alkanes) is 7. The van der Waals surface area contributed by atoms with Gasteiger partial charge in [0, 0.05) is 13.1 Å². The van der Waals surface area contributed by atoms with Crippen LogP contribution >= 0.6 is 0 Å². The minimum absolute atomic E-state index is 0.987. The van der Waals surface area contributed by atoms with Crippen LogP contribution in [0.15, 0.2) is 43.1 Å². The molecule has 0 radical (unpaired) electrons.